The van der Waals surface area contributed by atoms with Crippen LogP contribution in [0.15, 0.2) is 42.9 Å². The molecule has 27 heavy (non-hydrogen) atoms. The van der Waals surface area contributed by atoms with Gasteiger partial charge in [-0.15, -0.1) is 11.3 Å². The van der Waals surface area contributed by atoms with Gasteiger partial charge in [0.15, 0.2) is 5.82 Å². The van der Waals surface area contributed by atoms with Crippen molar-refractivity contribution >= 4 is 11.3 Å². The lowest BCUT2D eigenvalue weighted by Crippen LogP contribution is -2.41. The summed E-state index contributed by atoms with van der Waals surface area (Å²) in [4.78, 5) is 10.5. The van der Waals surface area contributed by atoms with Gasteiger partial charge in [-0.25, -0.2) is 9.97 Å². The summed E-state index contributed by atoms with van der Waals surface area (Å²) in [7, 11) is 0. The molecule has 5 nitrogen and oxygen atoms in total. The predicted molar refractivity (Wildman–Crippen MR) is 108 cm³/mol. The van der Waals surface area contributed by atoms with Crippen LogP contribution in [0.2, 0.25) is 0 Å². The number of benzene rings is 1. The van der Waals surface area contributed by atoms with E-state index in [1.54, 1.807) is 11.3 Å². The third-order valence-corrected chi connectivity index (χ3v) is 6.89. The van der Waals surface area contributed by atoms with E-state index in [0.717, 1.165) is 54.7 Å². The lowest BCUT2D eigenvalue weighted by molar-refractivity contribution is -0.0195. The molecule has 1 atom stereocenters. The standard InChI is InChI=1S/C21H24N4OS/c1-15-4-2-3-5-17(15)20-24-13-18(27-20)19-23-10-11-25(19)16-12-21(26-14-16)6-8-22-9-7-21/h2-5,10-11,13,16,22H,6-9,12,14H2,1H3. The van der Waals surface area contributed by atoms with Gasteiger partial charge in [0.2, 0.25) is 0 Å². The van der Waals surface area contributed by atoms with Crippen LogP contribution < -0.4 is 5.32 Å². The summed E-state index contributed by atoms with van der Waals surface area (Å²) >= 11 is 1.71. The lowest BCUT2D eigenvalue weighted by atomic mass is 9.88. The van der Waals surface area contributed by atoms with Crippen LogP contribution in [0, 0.1) is 6.92 Å². The number of thiazole rings is 1. The van der Waals surface area contributed by atoms with Crippen molar-refractivity contribution in [2.75, 3.05) is 19.7 Å². The lowest BCUT2D eigenvalue weighted by Gasteiger charge is -2.32. The van der Waals surface area contributed by atoms with Crippen molar-refractivity contribution < 1.29 is 4.74 Å². The Morgan fingerprint density at radius 3 is 2.93 bits per heavy atom. The molecule has 1 N–H and O–H groups in total. The van der Waals surface area contributed by atoms with Gasteiger partial charge < -0.3 is 14.6 Å². The largest absolute Gasteiger partial charge is 0.373 e. The first-order valence-corrected chi connectivity index (χ1v) is 10.5. The Balaban J connectivity index is 1.42. The number of aryl methyl sites for hydroxylation is 1. The molecule has 0 amide bonds. The average molecular weight is 381 g/mol. The number of ether oxygens (including phenoxy) is 1. The molecule has 0 aliphatic carbocycles. The summed E-state index contributed by atoms with van der Waals surface area (Å²) < 4.78 is 8.60. The highest BCUT2D eigenvalue weighted by atomic mass is 32.1. The van der Waals surface area contributed by atoms with Crippen molar-refractivity contribution in [3.63, 3.8) is 0 Å². The molecule has 2 aromatic heterocycles. The van der Waals surface area contributed by atoms with E-state index in [0.29, 0.717) is 6.04 Å². The first-order valence-electron chi connectivity index (χ1n) is 9.64. The fourth-order valence-corrected chi connectivity index (χ4v) is 5.35. The fraction of sp³-hybridized carbons (Fsp3) is 0.429. The summed E-state index contributed by atoms with van der Waals surface area (Å²) in [6, 6.07) is 8.75. The Morgan fingerprint density at radius 2 is 2.07 bits per heavy atom. The second kappa shape index (κ2) is 6.86. The topological polar surface area (TPSA) is 52.0 Å². The average Bonchev–Trinajstić information content (AvgIpc) is 3.42. The third-order valence-electron chi connectivity index (χ3n) is 5.87. The van der Waals surface area contributed by atoms with E-state index in [2.05, 4.69) is 57.2 Å². The van der Waals surface area contributed by atoms with E-state index in [1.165, 1.54) is 11.1 Å². The van der Waals surface area contributed by atoms with Crippen molar-refractivity contribution in [1.29, 1.82) is 0 Å². The highest BCUT2D eigenvalue weighted by Crippen LogP contribution is 2.41. The smallest absolute Gasteiger partial charge is 0.151 e. The molecule has 2 saturated heterocycles. The molecule has 6 heteroatoms. The van der Waals surface area contributed by atoms with Gasteiger partial charge in [-0.3, -0.25) is 0 Å². The number of imidazole rings is 1. The van der Waals surface area contributed by atoms with Crippen LogP contribution >= 0.6 is 11.3 Å². The van der Waals surface area contributed by atoms with Gasteiger partial charge in [-0.1, -0.05) is 24.3 Å². The van der Waals surface area contributed by atoms with Crippen molar-refractivity contribution in [1.82, 2.24) is 19.9 Å². The minimum Gasteiger partial charge on any atom is -0.373 e. The molecule has 1 unspecified atom stereocenters. The molecular weight excluding hydrogens is 356 g/mol. The quantitative estimate of drug-likeness (QED) is 0.744. The van der Waals surface area contributed by atoms with Crippen molar-refractivity contribution in [2.45, 2.75) is 37.8 Å². The Bertz CT molecular complexity index is 941. The van der Waals surface area contributed by atoms with Gasteiger partial charge >= 0.3 is 0 Å². The number of rotatable bonds is 3. The molecule has 5 rings (SSSR count). The van der Waals surface area contributed by atoms with Gasteiger partial charge in [-0.2, -0.15) is 0 Å². The third kappa shape index (κ3) is 3.12. The number of nitrogens with zero attached hydrogens (tertiary/aromatic N) is 3. The molecule has 4 heterocycles. The van der Waals surface area contributed by atoms with Crippen LogP contribution in [0.25, 0.3) is 21.3 Å². The highest BCUT2D eigenvalue weighted by Gasteiger charge is 2.42. The van der Waals surface area contributed by atoms with Crippen LogP contribution in [-0.2, 0) is 4.74 Å². The molecule has 140 valence electrons. The van der Waals surface area contributed by atoms with Crippen LogP contribution in [0.1, 0.15) is 30.9 Å². The van der Waals surface area contributed by atoms with Gasteiger partial charge in [0.25, 0.3) is 0 Å². The second-order valence-electron chi connectivity index (χ2n) is 7.60. The molecule has 0 saturated carbocycles. The minimum absolute atomic E-state index is 0.0530. The zero-order chi connectivity index (χ0) is 18.3. The fourth-order valence-electron chi connectivity index (χ4n) is 4.34. The number of aromatic nitrogens is 3. The van der Waals surface area contributed by atoms with Gasteiger partial charge in [-0.05, 0) is 44.8 Å². The van der Waals surface area contributed by atoms with E-state index >= 15 is 0 Å². The number of nitrogens with one attached hydrogen (secondary N) is 1. The molecule has 2 aliphatic heterocycles. The molecule has 3 aromatic rings. The summed E-state index contributed by atoms with van der Waals surface area (Å²) in [6.07, 6.45) is 9.23. The maximum Gasteiger partial charge on any atom is 0.151 e. The highest BCUT2D eigenvalue weighted by molar-refractivity contribution is 7.18. The molecule has 1 spiro atoms. The van der Waals surface area contributed by atoms with Crippen molar-refractivity contribution in [2.24, 2.45) is 0 Å². The molecule has 2 fully saturated rings. The summed E-state index contributed by atoms with van der Waals surface area (Å²) in [6.45, 7) is 5.01. The Morgan fingerprint density at radius 1 is 1.22 bits per heavy atom. The van der Waals surface area contributed by atoms with Crippen LogP contribution in [-0.4, -0.2) is 39.8 Å². The van der Waals surface area contributed by atoms with Gasteiger partial charge in [0.1, 0.15) is 5.01 Å². The second-order valence-corrected chi connectivity index (χ2v) is 8.64. The molecule has 1 aromatic carbocycles. The number of hydrogen-bond donors (Lipinski definition) is 1. The van der Waals surface area contributed by atoms with E-state index < -0.39 is 0 Å². The summed E-state index contributed by atoms with van der Waals surface area (Å²) in [5, 5.41) is 4.49. The molecule has 2 aliphatic rings. The van der Waals surface area contributed by atoms with Crippen LogP contribution in [0.3, 0.4) is 0 Å². The van der Waals surface area contributed by atoms with E-state index in [-0.39, 0.29) is 5.60 Å². The molecular formula is C21H24N4OS. The van der Waals surface area contributed by atoms with E-state index in [9.17, 15) is 0 Å². The normalized spacial score (nSPS) is 21.7. The predicted octanol–water partition coefficient (Wildman–Crippen LogP) is 4.07. The maximum atomic E-state index is 6.30. The zero-order valence-electron chi connectivity index (χ0n) is 15.5. The monoisotopic (exact) mass is 380 g/mol. The first-order chi connectivity index (χ1) is 13.2. The SMILES string of the molecule is Cc1ccccc1-c1ncc(-c2nccn2C2COC3(CCNCC3)C2)s1. The molecule has 0 radical (unpaired) electrons. The first kappa shape index (κ1) is 17.1. The van der Waals surface area contributed by atoms with Gasteiger partial charge in [0, 0.05) is 24.2 Å². The summed E-state index contributed by atoms with van der Waals surface area (Å²) in [5.74, 6) is 1.01. The van der Waals surface area contributed by atoms with Gasteiger partial charge in [0.05, 0.1) is 23.1 Å². The minimum atomic E-state index is 0.0530. The van der Waals surface area contributed by atoms with E-state index in [1.807, 2.05) is 12.4 Å². The van der Waals surface area contributed by atoms with Crippen LogP contribution in [0.4, 0.5) is 0 Å². The number of hydrogen-bond acceptors (Lipinski definition) is 5. The van der Waals surface area contributed by atoms with Crippen LogP contribution in [0.5, 0.6) is 0 Å². The molecule has 0 bridgehead atoms. The summed E-state index contributed by atoms with van der Waals surface area (Å²) in [5.41, 5.74) is 2.50. The Kier molecular flexibility index (Phi) is 4.34. The number of piperidine rings is 1. The zero-order valence-corrected chi connectivity index (χ0v) is 16.3. The van der Waals surface area contributed by atoms with Crippen molar-refractivity contribution in [3.05, 3.63) is 48.4 Å². The Hall–Kier alpha value is -2.02. The Labute approximate surface area is 163 Å². The van der Waals surface area contributed by atoms with Crippen molar-refractivity contribution in [3.8, 4) is 21.3 Å². The van der Waals surface area contributed by atoms with E-state index in [4.69, 9.17) is 4.74 Å². The maximum absolute atomic E-state index is 6.30.